The number of hydrogen-bond donors (Lipinski definition) is 1. The molecule has 0 fully saturated rings. The van der Waals surface area contributed by atoms with Crippen molar-refractivity contribution in [3.8, 4) is 0 Å². The minimum Gasteiger partial charge on any atom is -1.00 e. The molecular weight excluding hydrogens is 298 g/mol. The van der Waals surface area contributed by atoms with E-state index in [0.717, 1.165) is 49.5 Å². The van der Waals surface area contributed by atoms with Gasteiger partial charge >= 0.3 is 8.80 Å². The summed E-state index contributed by atoms with van der Waals surface area (Å²) in [5, 5.41) is 9.03. The van der Waals surface area contributed by atoms with Gasteiger partial charge in [-0.15, -0.1) is 0 Å². The largest absolute Gasteiger partial charge is 1.00 e. The molecule has 7 heteroatoms. The molecule has 124 valence electrons. The number of hydrogen-bond acceptors (Lipinski definition) is 4. The van der Waals surface area contributed by atoms with Crippen LogP contribution >= 0.6 is 0 Å². The summed E-state index contributed by atoms with van der Waals surface area (Å²) in [7, 11) is 2.55. The second-order valence-corrected chi connectivity index (χ2v) is 7.99. The van der Waals surface area contributed by atoms with Crippen LogP contribution in [0.1, 0.15) is 26.7 Å². The van der Waals surface area contributed by atoms with E-state index in [9.17, 15) is 0 Å². The Bertz CT molecular complexity index is 218. The van der Waals surface area contributed by atoms with E-state index in [4.69, 9.17) is 18.4 Å². The average molecular weight is 330 g/mol. The molecule has 0 aliphatic heterocycles. The quantitative estimate of drug-likeness (QED) is 0.350. The van der Waals surface area contributed by atoms with E-state index in [1.807, 2.05) is 0 Å². The van der Waals surface area contributed by atoms with Crippen molar-refractivity contribution in [1.82, 2.24) is 0 Å². The fraction of sp³-hybridized carbons (Fsp3) is 1.00. The Morgan fingerprint density at radius 3 is 1.70 bits per heavy atom. The van der Waals surface area contributed by atoms with E-state index >= 15 is 0 Å². The van der Waals surface area contributed by atoms with Crippen LogP contribution < -0.4 is 12.4 Å². The zero-order valence-corrected chi connectivity index (χ0v) is 15.4. The van der Waals surface area contributed by atoms with Crippen molar-refractivity contribution < 1.29 is 35.3 Å². The van der Waals surface area contributed by atoms with Crippen molar-refractivity contribution in [2.75, 3.05) is 54.1 Å². The molecule has 0 aromatic rings. The molecule has 0 saturated carbocycles. The molecular formula is C13H32ClNO4Si. The Balaban J connectivity index is 0. The standard InChI is InChI=1S/C13H32NO4Si.ClH/c1-6-14(7-2,10-8-12-15)11-9-13-19(16-3,17-4)18-5;/h15H,6-13H2,1-5H3;1H/q+1;/p-1. The molecule has 0 atom stereocenters. The fourth-order valence-electron chi connectivity index (χ4n) is 2.56. The second kappa shape index (κ2) is 11.9. The van der Waals surface area contributed by atoms with Crippen LogP contribution in [0.3, 0.4) is 0 Å². The lowest BCUT2D eigenvalue weighted by Crippen LogP contribution is -3.00. The van der Waals surface area contributed by atoms with Gasteiger partial charge in [0, 0.05) is 46.8 Å². The number of halogens is 1. The van der Waals surface area contributed by atoms with Gasteiger partial charge in [0.2, 0.25) is 0 Å². The van der Waals surface area contributed by atoms with E-state index in [1.54, 1.807) is 21.3 Å². The van der Waals surface area contributed by atoms with Gasteiger partial charge in [0.25, 0.3) is 0 Å². The van der Waals surface area contributed by atoms with E-state index in [-0.39, 0.29) is 19.0 Å². The fourth-order valence-corrected chi connectivity index (χ4v) is 4.26. The molecule has 0 rings (SSSR count). The molecule has 0 unspecified atom stereocenters. The van der Waals surface area contributed by atoms with Gasteiger partial charge in [-0.25, -0.2) is 0 Å². The zero-order valence-electron chi connectivity index (χ0n) is 13.7. The minimum atomic E-state index is -2.43. The first-order valence-corrected chi connectivity index (χ1v) is 9.12. The first-order chi connectivity index (χ1) is 9.07. The molecule has 20 heavy (non-hydrogen) atoms. The Labute approximate surface area is 131 Å². The Morgan fingerprint density at radius 2 is 1.35 bits per heavy atom. The van der Waals surface area contributed by atoms with Crippen LogP contribution in [0.4, 0.5) is 0 Å². The van der Waals surface area contributed by atoms with Gasteiger partial charge in [0.1, 0.15) is 0 Å². The molecule has 0 radical (unpaired) electrons. The van der Waals surface area contributed by atoms with Crippen molar-refractivity contribution in [3.05, 3.63) is 0 Å². The van der Waals surface area contributed by atoms with Crippen LogP contribution in [-0.4, -0.2) is 72.5 Å². The van der Waals surface area contributed by atoms with Gasteiger partial charge < -0.3 is 35.3 Å². The van der Waals surface area contributed by atoms with E-state index in [2.05, 4.69) is 13.8 Å². The van der Waals surface area contributed by atoms with Gasteiger partial charge in [0.15, 0.2) is 0 Å². The van der Waals surface area contributed by atoms with Crippen LogP contribution in [0, 0.1) is 0 Å². The predicted molar refractivity (Wildman–Crippen MR) is 79.0 cm³/mol. The Kier molecular flexibility index (Phi) is 13.5. The maximum Gasteiger partial charge on any atom is 0.500 e. The maximum atomic E-state index is 9.03. The zero-order chi connectivity index (χ0) is 14.8. The van der Waals surface area contributed by atoms with Crippen molar-refractivity contribution in [1.29, 1.82) is 0 Å². The Hall–Kier alpha value is 0.307. The van der Waals surface area contributed by atoms with Gasteiger partial charge in [-0.2, -0.15) is 0 Å². The molecule has 1 N–H and O–H groups in total. The summed E-state index contributed by atoms with van der Waals surface area (Å²) in [6.07, 6.45) is 1.89. The van der Waals surface area contributed by atoms with Crippen LogP contribution in [0.5, 0.6) is 0 Å². The molecule has 0 aliphatic carbocycles. The van der Waals surface area contributed by atoms with Gasteiger partial charge in [-0.1, -0.05) is 0 Å². The molecule has 0 saturated heterocycles. The molecule has 0 aromatic heterocycles. The topological polar surface area (TPSA) is 47.9 Å². The number of rotatable bonds is 12. The molecule has 5 nitrogen and oxygen atoms in total. The van der Waals surface area contributed by atoms with E-state index in [1.165, 1.54) is 0 Å². The van der Waals surface area contributed by atoms with E-state index in [0.29, 0.717) is 0 Å². The number of aliphatic hydroxyl groups is 1. The smallest absolute Gasteiger partial charge is 0.500 e. The molecule has 0 heterocycles. The highest BCUT2D eigenvalue weighted by Crippen LogP contribution is 2.18. The highest BCUT2D eigenvalue weighted by Gasteiger charge is 2.38. The molecule has 0 aliphatic rings. The first-order valence-electron chi connectivity index (χ1n) is 7.19. The van der Waals surface area contributed by atoms with Crippen LogP contribution in [-0.2, 0) is 13.3 Å². The summed E-state index contributed by atoms with van der Waals surface area (Å²) in [5.41, 5.74) is 0. The summed E-state index contributed by atoms with van der Waals surface area (Å²) in [4.78, 5) is 0. The number of nitrogens with zero attached hydrogens (tertiary/aromatic N) is 1. The highest BCUT2D eigenvalue weighted by atomic mass is 35.5. The molecule has 0 bridgehead atoms. The SMILES string of the molecule is CC[N+](CC)(CCCO)CCC[Si](OC)(OC)OC.[Cl-]. The van der Waals surface area contributed by atoms with Crippen LogP contribution in [0.2, 0.25) is 6.04 Å². The summed E-state index contributed by atoms with van der Waals surface area (Å²) >= 11 is 0. The van der Waals surface area contributed by atoms with Gasteiger partial charge in [-0.05, 0) is 13.8 Å². The first kappa shape index (κ1) is 22.6. The summed E-state index contributed by atoms with van der Waals surface area (Å²) < 4.78 is 17.4. The normalized spacial score (nSPS) is 12.3. The van der Waals surface area contributed by atoms with Gasteiger partial charge in [-0.3, -0.25) is 0 Å². The predicted octanol–water partition coefficient (Wildman–Crippen LogP) is -1.50. The van der Waals surface area contributed by atoms with Crippen LogP contribution in [0.15, 0.2) is 0 Å². The van der Waals surface area contributed by atoms with Crippen molar-refractivity contribution >= 4 is 8.80 Å². The van der Waals surface area contributed by atoms with Crippen molar-refractivity contribution in [2.24, 2.45) is 0 Å². The van der Waals surface area contributed by atoms with Gasteiger partial charge in [0.05, 0.1) is 26.2 Å². The highest BCUT2D eigenvalue weighted by molar-refractivity contribution is 6.60. The van der Waals surface area contributed by atoms with Crippen LogP contribution in [0.25, 0.3) is 0 Å². The van der Waals surface area contributed by atoms with Crippen molar-refractivity contribution in [2.45, 2.75) is 32.7 Å². The second-order valence-electron chi connectivity index (χ2n) is 4.90. The third-order valence-electron chi connectivity index (χ3n) is 4.18. The monoisotopic (exact) mass is 329 g/mol. The average Bonchev–Trinajstić information content (AvgIpc) is 2.48. The third kappa shape index (κ3) is 6.84. The lowest BCUT2D eigenvalue weighted by Gasteiger charge is -2.37. The Morgan fingerprint density at radius 1 is 0.900 bits per heavy atom. The number of aliphatic hydroxyl groups excluding tert-OH is 1. The number of quaternary nitrogens is 1. The van der Waals surface area contributed by atoms with E-state index < -0.39 is 8.80 Å². The summed E-state index contributed by atoms with van der Waals surface area (Å²) in [5.74, 6) is 0. The minimum absolute atomic E-state index is 0. The molecule has 0 aromatic carbocycles. The lowest BCUT2D eigenvalue weighted by molar-refractivity contribution is -0.925. The third-order valence-corrected chi connectivity index (χ3v) is 7.01. The van der Waals surface area contributed by atoms with Crippen molar-refractivity contribution in [3.63, 3.8) is 0 Å². The summed E-state index contributed by atoms with van der Waals surface area (Å²) in [6.45, 7) is 9.01. The lowest BCUT2D eigenvalue weighted by atomic mass is 10.2. The molecule has 0 spiro atoms. The maximum absolute atomic E-state index is 9.03. The summed E-state index contributed by atoms with van der Waals surface area (Å²) in [6, 6.07) is 0.843. The molecule has 0 amide bonds.